The fourth-order valence-corrected chi connectivity index (χ4v) is 4.25. The van der Waals surface area contributed by atoms with Crippen LogP contribution in [0, 0.1) is 11.3 Å². The topological polar surface area (TPSA) is 117 Å². The maximum absolute atomic E-state index is 13.0. The van der Waals surface area contributed by atoms with Crippen molar-refractivity contribution in [2.24, 2.45) is 0 Å². The predicted octanol–water partition coefficient (Wildman–Crippen LogP) is 3.01. The number of fused-ring (bicyclic) bond motifs is 1. The van der Waals surface area contributed by atoms with Crippen molar-refractivity contribution in [1.82, 2.24) is 4.90 Å². The second kappa shape index (κ2) is 9.46. The summed E-state index contributed by atoms with van der Waals surface area (Å²) in [5, 5.41) is 13.6. The number of nitrogens with one attached hydrogen (secondary N) is 1. The van der Waals surface area contributed by atoms with Gasteiger partial charge in [-0.25, -0.2) is 4.79 Å². The molecule has 1 atom stereocenters. The molecule has 0 bridgehead atoms. The van der Waals surface area contributed by atoms with E-state index in [-0.39, 0.29) is 17.5 Å². The van der Waals surface area contributed by atoms with Gasteiger partial charge in [-0.2, -0.15) is 5.26 Å². The molecule has 9 heteroatoms. The zero-order valence-corrected chi connectivity index (χ0v) is 18.0. The van der Waals surface area contributed by atoms with E-state index in [0.29, 0.717) is 10.6 Å². The van der Waals surface area contributed by atoms with Gasteiger partial charge >= 0.3 is 5.97 Å². The lowest BCUT2D eigenvalue weighted by Gasteiger charge is -2.24. The van der Waals surface area contributed by atoms with Gasteiger partial charge in [0.2, 0.25) is 0 Å². The van der Waals surface area contributed by atoms with Gasteiger partial charge in [-0.15, -0.1) is 11.3 Å². The van der Waals surface area contributed by atoms with Crippen molar-refractivity contribution in [2.75, 3.05) is 11.9 Å². The van der Waals surface area contributed by atoms with Gasteiger partial charge in [-0.05, 0) is 29.1 Å². The fourth-order valence-electron chi connectivity index (χ4n) is 3.50. The number of amides is 3. The summed E-state index contributed by atoms with van der Waals surface area (Å²) in [5.74, 6) is -2.69. The third kappa shape index (κ3) is 4.51. The summed E-state index contributed by atoms with van der Waals surface area (Å²) in [7, 11) is 0. The smallest absolute Gasteiger partial charge is 0.330 e. The van der Waals surface area contributed by atoms with Gasteiger partial charge in [0, 0.05) is 6.42 Å². The molecule has 2 aromatic carbocycles. The van der Waals surface area contributed by atoms with Gasteiger partial charge in [-0.1, -0.05) is 42.5 Å². The average molecular weight is 459 g/mol. The number of carbonyl (C=O) groups excluding carboxylic acids is 4. The molecule has 0 saturated carbocycles. The van der Waals surface area contributed by atoms with Crippen LogP contribution < -0.4 is 5.32 Å². The van der Waals surface area contributed by atoms with Crippen LogP contribution in [-0.2, 0) is 20.7 Å². The van der Waals surface area contributed by atoms with Crippen molar-refractivity contribution in [3.8, 4) is 6.07 Å². The van der Waals surface area contributed by atoms with Crippen molar-refractivity contribution in [1.29, 1.82) is 5.26 Å². The van der Waals surface area contributed by atoms with Crippen LogP contribution in [-0.4, -0.2) is 41.2 Å². The minimum Gasteiger partial charge on any atom is -0.454 e. The quantitative estimate of drug-likeness (QED) is 0.429. The third-order valence-corrected chi connectivity index (χ3v) is 5.90. The summed E-state index contributed by atoms with van der Waals surface area (Å²) < 4.78 is 5.19. The molecule has 0 fully saturated rings. The molecule has 2 heterocycles. The van der Waals surface area contributed by atoms with Gasteiger partial charge in [-0.3, -0.25) is 19.3 Å². The minimum atomic E-state index is -1.25. The molecule has 1 aliphatic rings. The zero-order chi connectivity index (χ0) is 23.4. The van der Waals surface area contributed by atoms with E-state index in [1.807, 2.05) is 12.1 Å². The van der Waals surface area contributed by atoms with Gasteiger partial charge in [0.1, 0.15) is 17.1 Å². The number of rotatable bonds is 7. The number of hydrogen-bond donors (Lipinski definition) is 1. The Morgan fingerprint density at radius 1 is 1.00 bits per heavy atom. The van der Waals surface area contributed by atoms with E-state index in [4.69, 9.17) is 10.00 Å². The Hall–Kier alpha value is -4.29. The molecule has 3 amide bonds. The van der Waals surface area contributed by atoms with E-state index in [9.17, 15) is 19.2 Å². The van der Waals surface area contributed by atoms with Gasteiger partial charge in [0.25, 0.3) is 17.7 Å². The molecule has 8 nitrogen and oxygen atoms in total. The molecule has 1 N–H and O–H groups in total. The second-order valence-electron chi connectivity index (χ2n) is 7.16. The number of anilines is 1. The highest BCUT2D eigenvalue weighted by Crippen LogP contribution is 2.27. The van der Waals surface area contributed by atoms with Crippen LogP contribution >= 0.6 is 11.3 Å². The number of imide groups is 1. The lowest BCUT2D eigenvalue weighted by atomic mass is 10.0. The highest BCUT2D eigenvalue weighted by molar-refractivity contribution is 7.14. The van der Waals surface area contributed by atoms with Crippen LogP contribution in [0.15, 0.2) is 66.0 Å². The van der Waals surface area contributed by atoms with Crippen LogP contribution in [0.1, 0.15) is 31.8 Å². The summed E-state index contributed by atoms with van der Waals surface area (Å²) in [5.41, 5.74) is 1.45. The van der Waals surface area contributed by atoms with Crippen molar-refractivity contribution < 1.29 is 23.9 Å². The molecule has 0 radical (unpaired) electrons. The number of esters is 1. The molecule has 0 aliphatic carbocycles. The van der Waals surface area contributed by atoms with Crippen molar-refractivity contribution in [3.05, 3.63) is 88.3 Å². The summed E-state index contributed by atoms with van der Waals surface area (Å²) in [6.07, 6.45) is 0.0380. The van der Waals surface area contributed by atoms with Gasteiger partial charge in [0.15, 0.2) is 6.61 Å². The Kier molecular flexibility index (Phi) is 6.29. The van der Waals surface area contributed by atoms with Crippen molar-refractivity contribution in [2.45, 2.75) is 12.5 Å². The maximum Gasteiger partial charge on any atom is 0.330 e. The van der Waals surface area contributed by atoms with Crippen LogP contribution in [0.2, 0.25) is 0 Å². The first-order valence-corrected chi connectivity index (χ1v) is 10.8. The Labute approximate surface area is 193 Å². The molecule has 0 unspecified atom stereocenters. The number of thiophene rings is 1. The maximum atomic E-state index is 13.0. The first-order valence-electron chi connectivity index (χ1n) is 9.94. The summed E-state index contributed by atoms with van der Waals surface area (Å²) in [4.78, 5) is 52.1. The standard InChI is InChI=1S/C24H17N3O5S/c25-13-16-10-11-33-21(16)26-20(28)14-32-24(31)19(12-15-6-2-1-3-7-15)27-22(29)17-8-4-5-9-18(17)23(27)30/h1-11,19H,12,14H2,(H,26,28)/t19-/m1/s1. The SMILES string of the molecule is N#Cc1ccsc1NC(=O)COC(=O)[C@@H](Cc1ccccc1)N1C(=O)c2ccccc2C1=O. The van der Waals surface area contributed by atoms with E-state index < -0.39 is 36.3 Å². The number of nitriles is 1. The highest BCUT2D eigenvalue weighted by atomic mass is 32.1. The van der Waals surface area contributed by atoms with Gasteiger partial charge in [0.05, 0.1) is 16.7 Å². The first kappa shape index (κ1) is 21.9. The van der Waals surface area contributed by atoms with E-state index >= 15 is 0 Å². The molecule has 4 rings (SSSR count). The van der Waals surface area contributed by atoms with E-state index in [2.05, 4.69) is 5.32 Å². The zero-order valence-electron chi connectivity index (χ0n) is 17.2. The van der Waals surface area contributed by atoms with E-state index in [0.717, 1.165) is 10.5 Å². The number of hydrogen-bond acceptors (Lipinski definition) is 7. The molecular weight excluding hydrogens is 442 g/mol. The molecule has 0 saturated heterocycles. The van der Waals surface area contributed by atoms with Crippen molar-refractivity contribution in [3.63, 3.8) is 0 Å². The number of nitrogens with zero attached hydrogens (tertiary/aromatic N) is 2. The Balaban J connectivity index is 1.52. The van der Waals surface area contributed by atoms with E-state index in [1.165, 1.54) is 23.5 Å². The molecule has 33 heavy (non-hydrogen) atoms. The Morgan fingerprint density at radius 2 is 1.64 bits per heavy atom. The van der Waals surface area contributed by atoms with Crippen LogP contribution in [0.4, 0.5) is 5.00 Å². The Bertz CT molecular complexity index is 1240. The number of carbonyl (C=O) groups is 4. The molecule has 1 aromatic heterocycles. The summed E-state index contributed by atoms with van der Waals surface area (Å²) in [6.45, 7) is -0.629. The largest absolute Gasteiger partial charge is 0.454 e. The summed E-state index contributed by atoms with van der Waals surface area (Å²) >= 11 is 1.17. The highest BCUT2D eigenvalue weighted by Gasteiger charge is 2.43. The molecule has 164 valence electrons. The van der Waals surface area contributed by atoms with Crippen LogP contribution in [0.5, 0.6) is 0 Å². The number of benzene rings is 2. The summed E-state index contributed by atoms with van der Waals surface area (Å²) in [6, 6.07) is 17.5. The predicted molar refractivity (Wildman–Crippen MR) is 119 cm³/mol. The average Bonchev–Trinajstić information content (AvgIpc) is 3.38. The van der Waals surface area contributed by atoms with Crippen LogP contribution in [0.25, 0.3) is 0 Å². The molecule has 3 aromatic rings. The lowest BCUT2D eigenvalue weighted by Crippen LogP contribution is -2.47. The third-order valence-electron chi connectivity index (χ3n) is 5.07. The monoisotopic (exact) mass is 459 g/mol. The van der Waals surface area contributed by atoms with E-state index in [1.54, 1.807) is 47.8 Å². The molecular formula is C24H17N3O5S. The van der Waals surface area contributed by atoms with Crippen LogP contribution in [0.3, 0.4) is 0 Å². The second-order valence-corrected chi connectivity index (χ2v) is 8.08. The fraction of sp³-hybridized carbons (Fsp3) is 0.125. The first-order chi connectivity index (χ1) is 16.0. The lowest BCUT2D eigenvalue weighted by molar-refractivity contribution is -0.151. The van der Waals surface area contributed by atoms with Crippen molar-refractivity contribution >= 4 is 40.0 Å². The molecule has 1 aliphatic heterocycles. The van der Waals surface area contributed by atoms with Gasteiger partial charge < -0.3 is 10.1 Å². The number of ether oxygens (including phenoxy) is 1. The molecule has 0 spiro atoms. The normalized spacial score (nSPS) is 13.2. The Morgan fingerprint density at radius 3 is 2.27 bits per heavy atom. The minimum absolute atomic E-state index is 0.0380.